The fourth-order valence-electron chi connectivity index (χ4n) is 2.39. The van der Waals surface area contributed by atoms with Crippen molar-refractivity contribution in [3.63, 3.8) is 0 Å². The Morgan fingerprint density at radius 1 is 1.24 bits per heavy atom. The van der Waals surface area contributed by atoms with Crippen LogP contribution in [0.2, 0.25) is 5.02 Å². The van der Waals surface area contributed by atoms with E-state index >= 15 is 0 Å². The zero-order valence-corrected chi connectivity index (χ0v) is 12.9. The topological polar surface area (TPSA) is 17.8 Å². The molecule has 0 bridgehead atoms. The standard InChI is InChI=1S/C16H13Cl2FN2/c1-10(17)16-20-14-8-12(18)6-7-15(14)21(16)9-11-4-2-3-5-13(11)19/h2-8,10H,9H2,1H3. The van der Waals surface area contributed by atoms with E-state index < -0.39 is 0 Å². The van der Waals surface area contributed by atoms with Crippen molar-refractivity contribution < 1.29 is 4.39 Å². The summed E-state index contributed by atoms with van der Waals surface area (Å²) in [6.45, 7) is 2.24. The third-order valence-electron chi connectivity index (χ3n) is 3.38. The lowest BCUT2D eigenvalue weighted by molar-refractivity contribution is 0.597. The minimum atomic E-state index is -0.275. The van der Waals surface area contributed by atoms with Gasteiger partial charge in [0.1, 0.15) is 11.6 Å². The van der Waals surface area contributed by atoms with Crippen LogP contribution < -0.4 is 0 Å². The third kappa shape index (κ3) is 2.76. The Bertz CT molecular complexity index is 796. The Balaban J connectivity index is 2.16. The summed E-state index contributed by atoms with van der Waals surface area (Å²) in [7, 11) is 0. The van der Waals surface area contributed by atoms with Crippen LogP contribution in [0.5, 0.6) is 0 Å². The van der Waals surface area contributed by atoms with Gasteiger partial charge in [-0.15, -0.1) is 11.6 Å². The summed E-state index contributed by atoms with van der Waals surface area (Å²) in [6, 6.07) is 12.2. The van der Waals surface area contributed by atoms with E-state index in [1.165, 1.54) is 6.07 Å². The molecule has 1 unspecified atom stereocenters. The van der Waals surface area contributed by atoms with Crippen molar-refractivity contribution in [2.24, 2.45) is 0 Å². The number of halogens is 3. The van der Waals surface area contributed by atoms with E-state index in [1.807, 2.05) is 23.6 Å². The molecule has 1 heterocycles. The summed E-state index contributed by atoms with van der Waals surface area (Å²) in [6.07, 6.45) is 0. The van der Waals surface area contributed by atoms with Crippen molar-refractivity contribution in [3.05, 3.63) is 64.7 Å². The van der Waals surface area contributed by atoms with Crippen LogP contribution in [-0.4, -0.2) is 9.55 Å². The number of fused-ring (bicyclic) bond motifs is 1. The largest absolute Gasteiger partial charge is 0.322 e. The van der Waals surface area contributed by atoms with Crippen molar-refractivity contribution in [2.75, 3.05) is 0 Å². The van der Waals surface area contributed by atoms with Crippen molar-refractivity contribution in [1.82, 2.24) is 9.55 Å². The zero-order chi connectivity index (χ0) is 15.0. The molecule has 0 saturated heterocycles. The van der Waals surface area contributed by atoms with Crippen LogP contribution in [-0.2, 0) is 6.54 Å². The van der Waals surface area contributed by atoms with E-state index in [9.17, 15) is 4.39 Å². The van der Waals surface area contributed by atoms with Gasteiger partial charge in [-0.1, -0.05) is 29.8 Å². The molecule has 0 aliphatic carbocycles. The highest BCUT2D eigenvalue weighted by Crippen LogP contribution is 2.27. The average Bonchev–Trinajstić information content (AvgIpc) is 2.79. The number of aromatic nitrogens is 2. The lowest BCUT2D eigenvalue weighted by Crippen LogP contribution is -2.07. The Hall–Kier alpha value is -1.58. The summed E-state index contributed by atoms with van der Waals surface area (Å²) in [5.41, 5.74) is 2.26. The zero-order valence-electron chi connectivity index (χ0n) is 11.4. The van der Waals surface area contributed by atoms with Gasteiger partial charge < -0.3 is 4.57 Å². The smallest absolute Gasteiger partial charge is 0.128 e. The first kappa shape index (κ1) is 14.4. The molecular weight excluding hydrogens is 310 g/mol. The van der Waals surface area contributed by atoms with Gasteiger partial charge in [-0.25, -0.2) is 9.37 Å². The van der Waals surface area contributed by atoms with Gasteiger partial charge in [-0.2, -0.15) is 0 Å². The number of imidazole rings is 1. The summed E-state index contributed by atoms with van der Waals surface area (Å²) in [5.74, 6) is 0.471. The Morgan fingerprint density at radius 3 is 2.71 bits per heavy atom. The number of hydrogen-bond acceptors (Lipinski definition) is 1. The van der Waals surface area contributed by atoms with Gasteiger partial charge in [0.15, 0.2) is 0 Å². The van der Waals surface area contributed by atoms with Crippen LogP contribution in [0.25, 0.3) is 11.0 Å². The second-order valence-corrected chi connectivity index (χ2v) is 5.99. The molecule has 0 saturated carbocycles. The summed E-state index contributed by atoms with van der Waals surface area (Å²) < 4.78 is 15.8. The third-order valence-corrected chi connectivity index (χ3v) is 3.81. The maximum atomic E-state index is 13.9. The predicted molar refractivity (Wildman–Crippen MR) is 84.5 cm³/mol. The molecule has 21 heavy (non-hydrogen) atoms. The molecule has 5 heteroatoms. The van der Waals surface area contributed by atoms with Gasteiger partial charge in [0, 0.05) is 10.6 Å². The molecule has 0 amide bonds. The highest BCUT2D eigenvalue weighted by Gasteiger charge is 2.16. The molecule has 0 fully saturated rings. The first-order valence-electron chi connectivity index (χ1n) is 6.59. The lowest BCUT2D eigenvalue weighted by Gasteiger charge is -2.11. The molecule has 3 rings (SSSR count). The van der Waals surface area contributed by atoms with Crippen molar-refractivity contribution in [2.45, 2.75) is 18.8 Å². The van der Waals surface area contributed by atoms with Crippen LogP contribution in [0.3, 0.4) is 0 Å². The fourth-order valence-corrected chi connectivity index (χ4v) is 2.72. The second-order valence-electron chi connectivity index (χ2n) is 4.90. The maximum absolute atomic E-state index is 13.9. The molecule has 0 aliphatic rings. The molecule has 0 aliphatic heterocycles. The molecule has 1 aromatic heterocycles. The molecule has 0 N–H and O–H groups in total. The van der Waals surface area contributed by atoms with Gasteiger partial charge >= 0.3 is 0 Å². The predicted octanol–water partition coefficient (Wildman–Crippen LogP) is 5.18. The van der Waals surface area contributed by atoms with Gasteiger partial charge in [0.2, 0.25) is 0 Å². The molecule has 2 nitrogen and oxygen atoms in total. The minimum absolute atomic E-state index is 0.235. The summed E-state index contributed by atoms with van der Waals surface area (Å²) >= 11 is 12.2. The average molecular weight is 323 g/mol. The Morgan fingerprint density at radius 2 is 2.00 bits per heavy atom. The molecular formula is C16H13Cl2FN2. The van der Waals surface area contributed by atoms with E-state index in [-0.39, 0.29) is 11.2 Å². The molecule has 0 spiro atoms. The van der Waals surface area contributed by atoms with Crippen LogP contribution in [0.15, 0.2) is 42.5 Å². The van der Waals surface area contributed by atoms with Crippen LogP contribution >= 0.6 is 23.2 Å². The fraction of sp³-hybridized carbons (Fsp3) is 0.188. The minimum Gasteiger partial charge on any atom is -0.322 e. The molecule has 3 aromatic rings. The van der Waals surface area contributed by atoms with E-state index in [2.05, 4.69) is 4.98 Å². The number of hydrogen-bond donors (Lipinski definition) is 0. The van der Waals surface area contributed by atoms with E-state index in [0.717, 1.165) is 11.0 Å². The first-order valence-corrected chi connectivity index (χ1v) is 7.41. The van der Waals surface area contributed by atoms with E-state index in [1.54, 1.807) is 24.3 Å². The molecule has 0 radical (unpaired) electrons. The maximum Gasteiger partial charge on any atom is 0.128 e. The van der Waals surface area contributed by atoms with Gasteiger partial charge in [-0.3, -0.25) is 0 Å². The quantitative estimate of drug-likeness (QED) is 0.608. The van der Waals surface area contributed by atoms with Gasteiger partial charge in [-0.05, 0) is 31.2 Å². The highest BCUT2D eigenvalue weighted by molar-refractivity contribution is 6.31. The first-order chi connectivity index (χ1) is 10.1. The van der Waals surface area contributed by atoms with Crippen LogP contribution in [0.1, 0.15) is 23.7 Å². The monoisotopic (exact) mass is 322 g/mol. The van der Waals surface area contributed by atoms with Crippen molar-refractivity contribution in [3.8, 4) is 0 Å². The number of alkyl halides is 1. The van der Waals surface area contributed by atoms with Gasteiger partial charge in [0.25, 0.3) is 0 Å². The normalized spacial score (nSPS) is 12.8. The van der Waals surface area contributed by atoms with Gasteiger partial charge in [0.05, 0.1) is 23.0 Å². The Labute approximate surface area is 132 Å². The summed E-state index contributed by atoms with van der Waals surface area (Å²) in [4.78, 5) is 4.52. The molecule has 1 atom stereocenters. The number of benzene rings is 2. The molecule has 2 aromatic carbocycles. The number of nitrogens with zero attached hydrogens (tertiary/aromatic N) is 2. The molecule has 108 valence electrons. The van der Waals surface area contributed by atoms with E-state index in [4.69, 9.17) is 23.2 Å². The van der Waals surface area contributed by atoms with Crippen molar-refractivity contribution in [1.29, 1.82) is 0 Å². The summed E-state index contributed by atoms with van der Waals surface area (Å²) in [5, 5.41) is 0.342. The van der Waals surface area contributed by atoms with Crippen LogP contribution in [0.4, 0.5) is 4.39 Å². The highest BCUT2D eigenvalue weighted by atomic mass is 35.5. The SMILES string of the molecule is CC(Cl)c1nc2cc(Cl)ccc2n1Cc1ccccc1F. The van der Waals surface area contributed by atoms with Crippen molar-refractivity contribution >= 4 is 34.2 Å². The van der Waals surface area contributed by atoms with Crippen LogP contribution in [0, 0.1) is 5.82 Å². The Kier molecular flexibility index (Phi) is 3.87. The number of rotatable bonds is 3. The second kappa shape index (κ2) is 5.66. The van der Waals surface area contributed by atoms with E-state index in [0.29, 0.717) is 23.0 Å². The lowest BCUT2D eigenvalue weighted by atomic mass is 10.2.